The van der Waals surface area contributed by atoms with Gasteiger partial charge in [-0.1, -0.05) is 19.8 Å². The molecule has 0 heterocycles. The number of amides is 1. The second kappa shape index (κ2) is 4.62. The Morgan fingerprint density at radius 2 is 2.38 bits per heavy atom. The van der Waals surface area contributed by atoms with Crippen molar-refractivity contribution in [2.24, 2.45) is 5.73 Å². The van der Waals surface area contributed by atoms with Crippen molar-refractivity contribution in [3.63, 3.8) is 0 Å². The second-order valence-electron chi connectivity index (χ2n) is 1.75. The van der Waals surface area contributed by atoms with E-state index in [9.17, 15) is 4.79 Å². The second-order valence-corrected chi connectivity index (χ2v) is 1.75. The van der Waals surface area contributed by atoms with E-state index in [1.165, 1.54) is 6.42 Å². The molecule has 2 nitrogen and oxygen atoms in total. The minimum Gasteiger partial charge on any atom is -0.369 e. The summed E-state index contributed by atoms with van der Waals surface area (Å²) < 4.78 is 0. The largest absolute Gasteiger partial charge is 0.369 e. The van der Waals surface area contributed by atoms with Gasteiger partial charge in [0.1, 0.15) is 0 Å². The Kier molecular flexibility index (Phi) is 4.32. The SMILES string of the molecule is CCCC[CH]C(N)=O. The molecular weight excluding hydrogens is 102 g/mol. The zero-order chi connectivity index (χ0) is 6.41. The van der Waals surface area contributed by atoms with Gasteiger partial charge in [0.2, 0.25) is 5.91 Å². The first kappa shape index (κ1) is 7.47. The summed E-state index contributed by atoms with van der Waals surface area (Å²) in [5, 5.41) is 0. The van der Waals surface area contributed by atoms with Crippen molar-refractivity contribution >= 4 is 5.91 Å². The Labute approximate surface area is 50.1 Å². The maximum Gasteiger partial charge on any atom is 0.221 e. The lowest BCUT2D eigenvalue weighted by Gasteiger charge is -1.90. The Balaban J connectivity index is 2.82. The lowest BCUT2D eigenvalue weighted by Crippen LogP contribution is -2.10. The summed E-state index contributed by atoms with van der Waals surface area (Å²) >= 11 is 0. The number of unbranched alkanes of at least 4 members (excludes halogenated alkanes) is 2. The highest BCUT2D eigenvalue weighted by Crippen LogP contribution is 1.95. The van der Waals surface area contributed by atoms with E-state index in [-0.39, 0.29) is 5.91 Å². The highest BCUT2D eigenvalue weighted by Gasteiger charge is 1.91. The smallest absolute Gasteiger partial charge is 0.221 e. The van der Waals surface area contributed by atoms with Gasteiger partial charge in [0.15, 0.2) is 0 Å². The molecule has 0 aromatic rings. The molecule has 2 N–H and O–H groups in total. The van der Waals surface area contributed by atoms with Crippen LogP contribution in [0.3, 0.4) is 0 Å². The Morgan fingerprint density at radius 1 is 1.75 bits per heavy atom. The number of primary amides is 1. The lowest BCUT2D eigenvalue weighted by atomic mass is 10.2. The van der Waals surface area contributed by atoms with Crippen molar-refractivity contribution in [1.82, 2.24) is 0 Å². The lowest BCUT2D eigenvalue weighted by molar-refractivity contribution is -0.115. The molecule has 0 saturated carbocycles. The average molecular weight is 114 g/mol. The molecule has 0 aliphatic carbocycles. The summed E-state index contributed by atoms with van der Waals surface area (Å²) in [5.74, 6) is -0.307. The zero-order valence-electron chi connectivity index (χ0n) is 5.18. The van der Waals surface area contributed by atoms with Crippen LogP contribution in [0.5, 0.6) is 0 Å². The summed E-state index contributed by atoms with van der Waals surface area (Å²) in [6, 6.07) is 0. The summed E-state index contributed by atoms with van der Waals surface area (Å²) in [7, 11) is 0. The molecule has 47 valence electrons. The zero-order valence-corrected chi connectivity index (χ0v) is 5.18. The van der Waals surface area contributed by atoms with Gasteiger partial charge in [0, 0.05) is 6.42 Å². The molecule has 1 radical (unpaired) electrons. The highest BCUT2D eigenvalue weighted by molar-refractivity contribution is 5.82. The first-order valence-corrected chi connectivity index (χ1v) is 2.90. The number of carbonyl (C=O) groups excluding carboxylic acids is 1. The number of nitrogens with two attached hydrogens (primary N) is 1. The van der Waals surface area contributed by atoms with Gasteiger partial charge in [-0.05, 0) is 6.42 Å². The van der Waals surface area contributed by atoms with Crippen molar-refractivity contribution in [3.05, 3.63) is 6.42 Å². The predicted octanol–water partition coefficient (Wildman–Crippen LogP) is 0.866. The third-order valence-electron chi connectivity index (χ3n) is 0.903. The van der Waals surface area contributed by atoms with Gasteiger partial charge in [-0.25, -0.2) is 0 Å². The molecule has 0 rings (SSSR count). The van der Waals surface area contributed by atoms with Crippen LogP contribution in [-0.2, 0) is 4.79 Å². The Hall–Kier alpha value is -0.530. The molecule has 0 fully saturated rings. The summed E-state index contributed by atoms with van der Waals surface area (Å²) in [4.78, 5) is 10.0. The number of rotatable bonds is 4. The fourth-order valence-corrected chi connectivity index (χ4v) is 0.448. The van der Waals surface area contributed by atoms with Gasteiger partial charge < -0.3 is 5.73 Å². The molecule has 0 atom stereocenters. The van der Waals surface area contributed by atoms with E-state index in [0.717, 1.165) is 19.3 Å². The minimum absolute atomic E-state index is 0.307. The van der Waals surface area contributed by atoms with Crippen molar-refractivity contribution in [3.8, 4) is 0 Å². The Bertz CT molecular complexity index is 70.9. The van der Waals surface area contributed by atoms with Gasteiger partial charge in [-0.3, -0.25) is 4.79 Å². The molecule has 0 saturated heterocycles. The van der Waals surface area contributed by atoms with E-state index < -0.39 is 0 Å². The van der Waals surface area contributed by atoms with Crippen molar-refractivity contribution < 1.29 is 4.79 Å². The van der Waals surface area contributed by atoms with E-state index >= 15 is 0 Å². The molecule has 0 spiro atoms. The molecule has 0 aliphatic heterocycles. The van der Waals surface area contributed by atoms with Gasteiger partial charge in [0.05, 0.1) is 0 Å². The van der Waals surface area contributed by atoms with Crippen LogP contribution in [0, 0.1) is 6.42 Å². The van der Waals surface area contributed by atoms with Crippen molar-refractivity contribution in [2.75, 3.05) is 0 Å². The molecule has 2 heteroatoms. The molecule has 0 bridgehead atoms. The maximum atomic E-state index is 10.0. The summed E-state index contributed by atoms with van der Waals surface area (Å²) in [5.41, 5.74) is 4.84. The number of hydrogen-bond acceptors (Lipinski definition) is 1. The number of hydrogen-bond donors (Lipinski definition) is 1. The standard InChI is InChI=1S/C6H12NO/c1-2-3-4-5-6(7)8/h5H,2-4H2,1H3,(H2,7,8). The topological polar surface area (TPSA) is 43.1 Å². The molecule has 8 heavy (non-hydrogen) atoms. The van der Waals surface area contributed by atoms with Crippen LogP contribution in [0.15, 0.2) is 0 Å². The fraction of sp³-hybridized carbons (Fsp3) is 0.667. The first-order valence-electron chi connectivity index (χ1n) is 2.90. The number of carbonyl (C=O) groups is 1. The molecule has 1 amide bonds. The Morgan fingerprint density at radius 3 is 2.75 bits per heavy atom. The van der Waals surface area contributed by atoms with E-state index in [4.69, 9.17) is 5.73 Å². The summed E-state index contributed by atoms with van der Waals surface area (Å²) in [6.45, 7) is 2.08. The summed E-state index contributed by atoms with van der Waals surface area (Å²) in [6.07, 6.45) is 4.52. The van der Waals surface area contributed by atoms with Crippen molar-refractivity contribution in [1.29, 1.82) is 0 Å². The van der Waals surface area contributed by atoms with Gasteiger partial charge >= 0.3 is 0 Å². The monoisotopic (exact) mass is 114 g/mol. The molecule has 0 aliphatic rings. The quantitative estimate of drug-likeness (QED) is 0.541. The van der Waals surface area contributed by atoms with E-state index in [1.54, 1.807) is 0 Å². The van der Waals surface area contributed by atoms with Crippen LogP contribution >= 0.6 is 0 Å². The van der Waals surface area contributed by atoms with Crippen LogP contribution in [0.4, 0.5) is 0 Å². The minimum atomic E-state index is -0.307. The molecule has 0 unspecified atom stereocenters. The fourth-order valence-electron chi connectivity index (χ4n) is 0.448. The van der Waals surface area contributed by atoms with Crippen LogP contribution < -0.4 is 5.73 Å². The van der Waals surface area contributed by atoms with Crippen LogP contribution in [-0.4, -0.2) is 5.91 Å². The maximum absolute atomic E-state index is 10.0. The molecule has 0 aromatic heterocycles. The van der Waals surface area contributed by atoms with E-state index in [1.807, 2.05) is 0 Å². The highest BCUT2D eigenvalue weighted by atomic mass is 16.1. The predicted molar refractivity (Wildman–Crippen MR) is 33.0 cm³/mol. The normalized spacial score (nSPS) is 9.12. The van der Waals surface area contributed by atoms with Crippen LogP contribution in [0.1, 0.15) is 26.2 Å². The molecule has 0 aromatic carbocycles. The van der Waals surface area contributed by atoms with Crippen LogP contribution in [0.25, 0.3) is 0 Å². The third kappa shape index (κ3) is 5.47. The van der Waals surface area contributed by atoms with Crippen LogP contribution in [0.2, 0.25) is 0 Å². The van der Waals surface area contributed by atoms with Gasteiger partial charge in [-0.15, -0.1) is 0 Å². The van der Waals surface area contributed by atoms with Gasteiger partial charge in [-0.2, -0.15) is 0 Å². The van der Waals surface area contributed by atoms with E-state index in [2.05, 4.69) is 6.92 Å². The first-order chi connectivity index (χ1) is 3.77. The van der Waals surface area contributed by atoms with Gasteiger partial charge in [0.25, 0.3) is 0 Å². The average Bonchev–Trinajstić information content (AvgIpc) is 1.66. The molecular formula is C6H12NO. The van der Waals surface area contributed by atoms with Crippen molar-refractivity contribution in [2.45, 2.75) is 26.2 Å². The third-order valence-corrected chi connectivity index (χ3v) is 0.903. The van der Waals surface area contributed by atoms with E-state index in [0.29, 0.717) is 0 Å².